The molecule has 0 saturated carbocycles. The van der Waals surface area contributed by atoms with Crippen LogP contribution in [0.2, 0.25) is 0 Å². The normalized spacial score (nSPS) is 14.3. The molecular weight excluding hydrogens is 441 g/mol. The number of nitrogens with one attached hydrogen (secondary N) is 1. The second kappa shape index (κ2) is 9.06. The summed E-state index contributed by atoms with van der Waals surface area (Å²) in [6.45, 7) is 1.95. The van der Waals surface area contributed by atoms with Gasteiger partial charge in [-0.1, -0.05) is 0 Å². The molecule has 1 aliphatic heterocycles. The van der Waals surface area contributed by atoms with Gasteiger partial charge in [0.05, 0.1) is 37.9 Å². The van der Waals surface area contributed by atoms with E-state index >= 15 is 0 Å². The largest absolute Gasteiger partial charge is 0.495 e. The smallest absolute Gasteiger partial charge is 0.419 e. The number of nitrogens with zero attached hydrogens (tertiary/aromatic N) is 5. The first-order valence-electron chi connectivity index (χ1n) is 10.0. The van der Waals surface area contributed by atoms with E-state index in [0.717, 1.165) is 6.20 Å². The van der Waals surface area contributed by atoms with Crippen molar-refractivity contribution in [3.05, 3.63) is 47.9 Å². The molecule has 9 nitrogen and oxygen atoms in total. The van der Waals surface area contributed by atoms with Crippen molar-refractivity contribution in [1.29, 1.82) is 0 Å². The number of methoxy groups -OCH3 is 1. The predicted octanol–water partition coefficient (Wildman–Crippen LogP) is 3.12. The second-order valence-electron chi connectivity index (χ2n) is 7.30. The van der Waals surface area contributed by atoms with Gasteiger partial charge in [-0.25, -0.2) is 9.97 Å². The molecule has 3 heterocycles. The molecule has 33 heavy (non-hydrogen) atoms. The Kier molecular flexibility index (Phi) is 6.18. The number of hydrogen-bond donors (Lipinski definition) is 1. The topological polar surface area (TPSA) is 94.4 Å². The minimum atomic E-state index is -4.64. The standard InChI is InChI=1S/C21H21F3N6O3/c1-29-12-14(10-26-29)18-15(21(22,23)24)11-25-20(28-18)27-16-4-3-13(9-17(16)32-2)19(31)30-5-7-33-8-6-30/h3-4,9-12H,5-8H2,1-2H3,(H,25,27,28). The van der Waals surface area contributed by atoms with E-state index < -0.39 is 11.7 Å². The van der Waals surface area contributed by atoms with Crippen LogP contribution in [-0.2, 0) is 18.0 Å². The van der Waals surface area contributed by atoms with E-state index in [1.54, 1.807) is 30.1 Å². The summed E-state index contributed by atoms with van der Waals surface area (Å²) in [6, 6.07) is 4.76. The molecule has 0 unspecified atom stereocenters. The number of halogens is 3. The number of anilines is 2. The maximum Gasteiger partial charge on any atom is 0.419 e. The molecule has 1 aliphatic rings. The summed E-state index contributed by atoms with van der Waals surface area (Å²) in [6.07, 6.45) is -1.18. The average Bonchev–Trinajstić information content (AvgIpc) is 3.25. The number of aryl methyl sites for hydroxylation is 1. The molecule has 1 N–H and O–H groups in total. The van der Waals surface area contributed by atoms with Crippen LogP contribution in [0, 0.1) is 0 Å². The van der Waals surface area contributed by atoms with Crippen molar-refractivity contribution in [3.8, 4) is 17.0 Å². The Morgan fingerprint density at radius 3 is 2.61 bits per heavy atom. The van der Waals surface area contributed by atoms with Crippen LogP contribution in [0.3, 0.4) is 0 Å². The van der Waals surface area contributed by atoms with Gasteiger partial charge in [-0.15, -0.1) is 0 Å². The summed E-state index contributed by atoms with van der Waals surface area (Å²) < 4.78 is 52.5. The third-order valence-corrected chi connectivity index (χ3v) is 5.07. The van der Waals surface area contributed by atoms with Crippen LogP contribution in [0.5, 0.6) is 5.75 Å². The van der Waals surface area contributed by atoms with Crippen LogP contribution < -0.4 is 10.1 Å². The highest BCUT2D eigenvalue weighted by Gasteiger charge is 2.36. The molecule has 2 aromatic heterocycles. The lowest BCUT2D eigenvalue weighted by Crippen LogP contribution is -2.40. The fourth-order valence-corrected chi connectivity index (χ4v) is 3.41. The molecule has 174 valence electrons. The Hall–Kier alpha value is -3.67. The van der Waals surface area contributed by atoms with Crippen molar-refractivity contribution in [3.63, 3.8) is 0 Å². The van der Waals surface area contributed by atoms with Crippen molar-refractivity contribution >= 4 is 17.5 Å². The van der Waals surface area contributed by atoms with Gasteiger partial charge in [0, 0.05) is 43.7 Å². The number of carbonyl (C=O) groups excluding carboxylic acids is 1. The van der Waals surface area contributed by atoms with E-state index in [4.69, 9.17) is 9.47 Å². The summed E-state index contributed by atoms with van der Waals surface area (Å²) in [7, 11) is 3.03. The van der Waals surface area contributed by atoms with Crippen LogP contribution >= 0.6 is 0 Å². The highest BCUT2D eigenvalue weighted by Crippen LogP contribution is 2.36. The maximum absolute atomic E-state index is 13.5. The van der Waals surface area contributed by atoms with Gasteiger partial charge in [0.1, 0.15) is 11.3 Å². The van der Waals surface area contributed by atoms with E-state index in [2.05, 4.69) is 20.4 Å². The average molecular weight is 462 g/mol. The second-order valence-corrected chi connectivity index (χ2v) is 7.30. The number of alkyl halides is 3. The van der Waals surface area contributed by atoms with E-state index in [9.17, 15) is 18.0 Å². The minimum absolute atomic E-state index is 0.0626. The number of amides is 1. The SMILES string of the molecule is COc1cc(C(=O)N2CCOCC2)ccc1Nc1ncc(C(F)(F)F)c(-c2cnn(C)c2)n1. The third-order valence-electron chi connectivity index (χ3n) is 5.07. The van der Waals surface area contributed by atoms with Gasteiger partial charge in [0.25, 0.3) is 5.91 Å². The van der Waals surface area contributed by atoms with Gasteiger partial charge in [0.15, 0.2) is 0 Å². The van der Waals surface area contributed by atoms with Crippen LogP contribution in [0.4, 0.5) is 24.8 Å². The number of ether oxygens (including phenoxy) is 2. The van der Waals surface area contributed by atoms with Gasteiger partial charge in [0.2, 0.25) is 5.95 Å². The molecule has 4 rings (SSSR count). The van der Waals surface area contributed by atoms with Gasteiger partial charge < -0.3 is 19.7 Å². The summed E-state index contributed by atoms with van der Waals surface area (Å²) in [5.74, 6) is 0.0979. The molecule has 0 bridgehead atoms. The zero-order valence-corrected chi connectivity index (χ0v) is 17.9. The first-order chi connectivity index (χ1) is 15.8. The van der Waals surface area contributed by atoms with Crippen molar-refractivity contribution in [2.75, 3.05) is 38.7 Å². The van der Waals surface area contributed by atoms with Crippen molar-refractivity contribution in [2.24, 2.45) is 7.05 Å². The van der Waals surface area contributed by atoms with Crippen molar-refractivity contribution in [2.45, 2.75) is 6.18 Å². The number of aromatic nitrogens is 4. The predicted molar refractivity (Wildman–Crippen MR) is 112 cm³/mol. The highest BCUT2D eigenvalue weighted by atomic mass is 19.4. The first-order valence-corrected chi connectivity index (χ1v) is 10.0. The van der Waals surface area contributed by atoms with Crippen LogP contribution in [0.1, 0.15) is 15.9 Å². The summed E-state index contributed by atoms with van der Waals surface area (Å²) in [5.41, 5.74) is -0.254. The van der Waals surface area contributed by atoms with E-state index in [-0.39, 0.29) is 23.1 Å². The Morgan fingerprint density at radius 2 is 1.97 bits per heavy atom. The van der Waals surface area contributed by atoms with Crippen LogP contribution in [0.25, 0.3) is 11.3 Å². The summed E-state index contributed by atoms with van der Waals surface area (Å²) in [4.78, 5) is 22.3. The van der Waals surface area contributed by atoms with Gasteiger partial charge in [-0.3, -0.25) is 9.48 Å². The lowest BCUT2D eigenvalue weighted by molar-refractivity contribution is -0.137. The molecular formula is C21H21F3N6O3. The quantitative estimate of drug-likeness (QED) is 0.623. The lowest BCUT2D eigenvalue weighted by atomic mass is 10.1. The molecule has 12 heteroatoms. The third kappa shape index (κ3) is 4.90. The molecule has 0 aliphatic carbocycles. The molecule has 0 atom stereocenters. The fourth-order valence-electron chi connectivity index (χ4n) is 3.41. The zero-order valence-electron chi connectivity index (χ0n) is 17.9. The molecule has 0 radical (unpaired) electrons. The monoisotopic (exact) mass is 462 g/mol. The Labute approximate surface area is 187 Å². The number of carbonyl (C=O) groups is 1. The maximum atomic E-state index is 13.5. The van der Waals surface area contributed by atoms with Gasteiger partial charge in [-0.05, 0) is 18.2 Å². The highest BCUT2D eigenvalue weighted by molar-refractivity contribution is 5.95. The van der Waals surface area contributed by atoms with E-state index in [1.165, 1.54) is 24.2 Å². The van der Waals surface area contributed by atoms with E-state index in [0.29, 0.717) is 43.3 Å². The van der Waals surface area contributed by atoms with Crippen molar-refractivity contribution < 1.29 is 27.4 Å². The Bertz CT molecular complexity index is 1160. The number of rotatable bonds is 5. The molecule has 3 aromatic rings. The molecule has 1 aromatic carbocycles. The first kappa shape index (κ1) is 22.5. The van der Waals surface area contributed by atoms with Crippen LogP contribution in [0.15, 0.2) is 36.8 Å². The summed E-state index contributed by atoms with van der Waals surface area (Å²) in [5, 5.41) is 6.80. The molecule has 1 fully saturated rings. The number of hydrogen-bond acceptors (Lipinski definition) is 7. The van der Waals surface area contributed by atoms with E-state index in [1.807, 2.05) is 0 Å². The molecule has 0 spiro atoms. The van der Waals surface area contributed by atoms with Gasteiger partial charge in [-0.2, -0.15) is 18.3 Å². The number of morpholine rings is 1. The Morgan fingerprint density at radius 1 is 1.21 bits per heavy atom. The Balaban J connectivity index is 1.63. The van der Waals surface area contributed by atoms with Crippen LogP contribution in [-0.4, -0.2) is 64.0 Å². The zero-order chi connectivity index (χ0) is 23.6. The molecule has 1 amide bonds. The minimum Gasteiger partial charge on any atom is -0.495 e. The summed E-state index contributed by atoms with van der Waals surface area (Å²) >= 11 is 0. The fraction of sp³-hybridized carbons (Fsp3) is 0.333. The lowest BCUT2D eigenvalue weighted by Gasteiger charge is -2.27. The molecule has 1 saturated heterocycles. The van der Waals surface area contributed by atoms with Crippen molar-refractivity contribution in [1.82, 2.24) is 24.6 Å². The number of benzene rings is 1. The van der Waals surface area contributed by atoms with Gasteiger partial charge >= 0.3 is 6.18 Å².